The second kappa shape index (κ2) is 15.3. The molecule has 1 N–H and O–H groups in total. The van der Waals surface area contributed by atoms with Crippen molar-refractivity contribution in [2.24, 2.45) is 0 Å². The van der Waals surface area contributed by atoms with Crippen LogP contribution in [0.25, 0.3) is 0 Å². The van der Waals surface area contributed by atoms with Gasteiger partial charge in [-0.05, 0) is 67.3 Å². The number of halogens is 1. The topological polar surface area (TPSA) is 96.0 Å². The van der Waals surface area contributed by atoms with Crippen LogP contribution in [0.3, 0.4) is 0 Å². The molecule has 0 aliphatic heterocycles. The van der Waals surface area contributed by atoms with Gasteiger partial charge in [0.15, 0.2) is 0 Å². The molecule has 1 atom stereocenters. The van der Waals surface area contributed by atoms with Crippen LogP contribution in [-0.4, -0.2) is 56.6 Å². The van der Waals surface area contributed by atoms with Crippen LogP contribution >= 0.6 is 11.6 Å². The molecular formula is C33H40ClN3O5S. The Balaban J connectivity index is 1.70. The van der Waals surface area contributed by atoms with Crippen molar-refractivity contribution < 1.29 is 22.7 Å². The van der Waals surface area contributed by atoms with Gasteiger partial charge < -0.3 is 15.0 Å². The Hall–Kier alpha value is -3.56. The van der Waals surface area contributed by atoms with E-state index < -0.39 is 28.5 Å². The summed E-state index contributed by atoms with van der Waals surface area (Å²) in [7, 11) is -3.86. The number of carbonyl (C=O) groups is 2. The first-order chi connectivity index (χ1) is 20.6. The van der Waals surface area contributed by atoms with Gasteiger partial charge in [0.2, 0.25) is 21.8 Å². The molecule has 3 aromatic rings. The fraction of sp³-hybridized carbons (Fsp3) is 0.394. The fourth-order valence-electron chi connectivity index (χ4n) is 5.42. The maximum absolute atomic E-state index is 14.2. The summed E-state index contributed by atoms with van der Waals surface area (Å²) in [6.07, 6.45) is 6.36. The molecule has 1 aliphatic carbocycles. The van der Waals surface area contributed by atoms with Crippen molar-refractivity contribution in [3.05, 3.63) is 95.0 Å². The predicted molar refractivity (Wildman–Crippen MR) is 171 cm³/mol. The fourth-order valence-corrected chi connectivity index (χ4v) is 6.48. The molecule has 1 saturated carbocycles. The average Bonchev–Trinajstić information content (AvgIpc) is 2.99. The van der Waals surface area contributed by atoms with E-state index in [2.05, 4.69) is 5.32 Å². The minimum absolute atomic E-state index is 0.0408. The number of hydrogen-bond donors (Lipinski definition) is 1. The van der Waals surface area contributed by atoms with Crippen molar-refractivity contribution >= 4 is 39.1 Å². The van der Waals surface area contributed by atoms with E-state index in [0.29, 0.717) is 23.1 Å². The quantitative estimate of drug-likeness (QED) is 0.267. The van der Waals surface area contributed by atoms with Crippen LogP contribution in [0, 0.1) is 0 Å². The van der Waals surface area contributed by atoms with E-state index >= 15 is 0 Å². The van der Waals surface area contributed by atoms with E-state index in [1.54, 1.807) is 42.5 Å². The summed E-state index contributed by atoms with van der Waals surface area (Å²) in [6.45, 7) is 1.93. The Morgan fingerprint density at radius 1 is 0.953 bits per heavy atom. The zero-order valence-electron chi connectivity index (χ0n) is 24.7. The zero-order valence-corrected chi connectivity index (χ0v) is 26.3. The SMILES string of the molecule is CCOc1ccc(N(CC(=O)N(Cc2cccc(Cl)c2)C(Cc2ccccc2)C(=O)NC2CCCCC2)S(C)(=O)=O)cc1. The van der Waals surface area contributed by atoms with Crippen molar-refractivity contribution in [3.63, 3.8) is 0 Å². The van der Waals surface area contributed by atoms with Crippen molar-refractivity contribution in [3.8, 4) is 5.75 Å². The Labute approximate surface area is 260 Å². The Kier molecular flexibility index (Phi) is 11.5. The van der Waals surface area contributed by atoms with Crippen molar-refractivity contribution in [2.75, 3.05) is 23.7 Å². The van der Waals surface area contributed by atoms with Crippen LogP contribution in [-0.2, 0) is 32.6 Å². The molecule has 10 heteroatoms. The van der Waals surface area contributed by atoms with E-state index in [1.165, 1.54) is 4.90 Å². The number of nitrogens with one attached hydrogen (secondary N) is 1. The summed E-state index contributed by atoms with van der Waals surface area (Å²) in [5.41, 5.74) is 1.95. The molecule has 0 saturated heterocycles. The summed E-state index contributed by atoms with van der Waals surface area (Å²) in [4.78, 5) is 29.7. The zero-order chi connectivity index (χ0) is 30.8. The minimum Gasteiger partial charge on any atom is -0.494 e. The smallest absolute Gasteiger partial charge is 0.244 e. The number of anilines is 1. The lowest BCUT2D eigenvalue weighted by Crippen LogP contribution is -2.55. The summed E-state index contributed by atoms with van der Waals surface area (Å²) < 4.78 is 32.5. The molecule has 0 spiro atoms. The molecule has 3 aromatic carbocycles. The molecular weight excluding hydrogens is 586 g/mol. The lowest BCUT2D eigenvalue weighted by atomic mass is 9.94. The van der Waals surface area contributed by atoms with Crippen LogP contribution in [0.2, 0.25) is 5.02 Å². The van der Waals surface area contributed by atoms with Crippen LogP contribution in [0.4, 0.5) is 5.69 Å². The first-order valence-electron chi connectivity index (χ1n) is 14.7. The van der Waals surface area contributed by atoms with Gasteiger partial charge in [-0.2, -0.15) is 0 Å². The second-order valence-electron chi connectivity index (χ2n) is 10.9. The van der Waals surface area contributed by atoms with Gasteiger partial charge in [-0.3, -0.25) is 13.9 Å². The monoisotopic (exact) mass is 625 g/mol. The maximum Gasteiger partial charge on any atom is 0.244 e. The van der Waals surface area contributed by atoms with Crippen LogP contribution in [0.5, 0.6) is 5.75 Å². The van der Waals surface area contributed by atoms with Gasteiger partial charge in [0, 0.05) is 24.0 Å². The first kappa shape index (κ1) is 32.4. The van der Waals surface area contributed by atoms with Gasteiger partial charge in [0.05, 0.1) is 18.6 Å². The van der Waals surface area contributed by atoms with Gasteiger partial charge >= 0.3 is 0 Å². The lowest BCUT2D eigenvalue weighted by molar-refractivity contribution is -0.140. The number of hydrogen-bond acceptors (Lipinski definition) is 5. The third-order valence-electron chi connectivity index (χ3n) is 7.58. The summed E-state index contributed by atoms with van der Waals surface area (Å²) >= 11 is 6.29. The Bertz CT molecular complexity index is 1460. The van der Waals surface area contributed by atoms with Gasteiger partial charge in [-0.25, -0.2) is 8.42 Å². The molecule has 0 radical (unpaired) electrons. The molecule has 43 heavy (non-hydrogen) atoms. The molecule has 4 rings (SSSR count). The van der Waals surface area contributed by atoms with Crippen molar-refractivity contribution in [1.82, 2.24) is 10.2 Å². The van der Waals surface area contributed by atoms with Crippen LogP contribution in [0.15, 0.2) is 78.9 Å². The molecule has 1 fully saturated rings. The van der Waals surface area contributed by atoms with Gasteiger partial charge in [0.1, 0.15) is 18.3 Å². The highest BCUT2D eigenvalue weighted by Crippen LogP contribution is 2.24. The number of rotatable bonds is 13. The Morgan fingerprint density at radius 3 is 2.26 bits per heavy atom. The van der Waals surface area contributed by atoms with Gasteiger partial charge in [0.25, 0.3) is 0 Å². The molecule has 0 heterocycles. The predicted octanol–water partition coefficient (Wildman–Crippen LogP) is 5.59. The lowest BCUT2D eigenvalue weighted by Gasteiger charge is -2.35. The van der Waals surface area contributed by atoms with E-state index in [4.69, 9.17) is 16.3 Å². The van der Waals surface area contributed by atoms with Crippen LogP contribution < -0.4 is 14.4 Å². The molecule has 1 aliphatic rings. The van der Waals surface area contributed by atoms with Gasteiger partial charge in [-0.15, -0.1) is 0 Å². The number of benzene rings is 3. The minimum atomic E-state index is -3.86. The second-order valence-corrected chi connectivity index (χ2v) is 13.2. The summed E-state index contributed by atoms with van der Waals surface area (Å²) in [5, 5.41) is 3.70. The standard InChI is InChI=1S/C33H40ClN3O5S/c1-3-42-30-19-17-29(18-20-30)37(43(2,40)41)24-32(38)36(23-26-13-10-14-27(34)21-26)31(22-25-11-6-4-7-12-25)33(39)35-28-15-8-5-9-16-28/h4,6-7,10-14,17-21,28,31H,3,5,8-9,15-16,22-24H2,1-2H3,(H,35,39). The number of ether oxygens (including phenoxy) is 1. The highest BCUT2D eigenvalue weighted by Gasteiger charge is 2.34. The first-order valence-corrected chi connectivity index (χ1v) is 17.0. The summed E-state index contributed by atoms with van der Waals surface area (Å²) in [5.74, 6) is -0.159. The highest BCUT2D eigenvalue weighted by atomic mass is 35.5. The molecule has 8 nitrogen and oxygen atoms in total. The van der Waals surface area contributed by atoms with Crippen molar-refractivity contribution in [2.45, 2.75) is 64.1 Å². The Morgan fingerprint density at radius 2 is 1.63 bits per heavy atom. The number of carbonyl (C=O) groups excluding carboxylic acids is 2. The third kappa shape index (κ3) is 9.46. The van der Waals surface area contributed by atoms with E-state index in [1.807, 2.05) is 43.3 Å². The van der Waals surface area contributed by atoms with Gasteiger partial charge in [-0.1, -0.05) is 73.3 Å². The molecule has 1 unspecified atom stereocenters. The summed E-state index contributed by atoms with van der Waals surface area (Å²) in [6, 6.07) is 22.4. The highest BCUT2D eigenvalue weighted by molar-refractivity contribution is 7.92. The number of amides is 2. The molecule has 2 amide bonds. The van der Waals surface area contributed by atoms with E-state index in [9.17, 15) is 18.0 Å². The molecule has 230 valence electrons. The maximum atomic E-state index is 14.2. The normalized spacial score (nSPS) is 14.5. The third-order valence-corrected chi connectivity index (χ3v) is 8.96. The molecule has 0 bridgehead atoms. The van der Waals surface area contributed by atoms with Crippen LogP contribution in [0.1, 0.15) is 50.2 Å². The number of nitrogens with zero attached hydrogens (tertiary/aromatic N) is 2. The number of sulfonamides is 1. The largest absolute Gasteiger partial charge is 0.494 e. The van der Waals surface area contributed by atoms with Crippen molar-refractivity contribution in [1.29, 1.82) is 0 Å². The van der Waals surface area contributed by atoms with E-state index in [0.717, 1.165) is 53.8 Å². The van der Waals surface area contributed by atoms with E-state index in [-0.39, 0.29) is 24.9 Å². The molecule has 0 aromatic heterocycles. The average molecular weight is 626 g/mol.